The van der Waals surface area contributed by atoms with Gasteiger partial charge >= 0.3 is 6.18 Å². The van der Waals surface area contributed by atoms with Gasteiger partial charge in [-0.2, -0.15) is 13.2 Å². The van der Waals surface area contributed by atoms with Crippen molar-refractivity contribution >= 4 is 28.8 Å². The third kappa shape index (κ3) is 5.56. The highest BCUT2D eigenvalue weighted by molar-refractivity contribution is 6.26. The number of allylic oxidation sites excluding steroid dienone is 1. The lowest BCUT2D eigenvalue weighted by Gasteiger charge is -2.39. The van der Waals surface area contributed by atoms with Crippen LogP contribution < -0.4 is 11.1 Å². The summed E-state index contributed by atoms with van der Waals surface area (Å²) in [5, 5.41) is 0.387. The van der Waals surface area contributed by atoms with Crippen molar-refractivity contribution in [2.75, 3.05) is 18.5 Å². The summed E-state index contributed by atoms with van der Waals surface area (Å²) >= 11 is 6.19. The normalized spacial score (nSPS) is 25.1. The topological polar surface area (TPSA) is 77.2 Å². The summed E-state index contributed by atoms with van der Waals surface area (Å²) in [7, 11) is 0. The van der Waals surface area contributed by atoms with Gasteiger partial charge in [-0.3, -0.25) is 15.5 Å². The van der Waals surface area contributed by atoms with Crippen molar-refractivity contribution in [3.05, 3.63) is 65.5 Å². The number of carbonyl (C=O) groups is 1. The Kier molecular flexibility index (Phi) is 7.64. The molecular weight excluding hydrogens is 481 g/mol. The second-order valence-electron chi connectivity index (χ2n) is 7.87. The molecule has 1 aliphatic carbocycles. The number of anilines is 1. The first-order valence-corrected chi connectivity index (χ1v) is 10.9. The maximum Gasteiger partial charge on any atom is 0.433 e. The number of carbonyl (C=O) groups excluding carboxylic acids is 1. The Balaban J connectivity index is 1.89. The second kappa shape index (κ2) is 9.97. The van der Waals surface area contributed by atoms with E-state index in [0.29, 0.717) is 36.8 Å². The van der Waals surface area contributed by atoms with Crippen molar-refractivity contribution in [1.82, 2.24) is 4.98 Å². The summed E-state index contributed by atoms with van der Waals surface area (Å²) in [6.07, 6.45) is -3.62. The predicted molar refractivity (Wildman–Crippen MR) is 119 cm³/mol. The van der Waals surface area contributed by atoms with E-state index in [-0.39, 0.29) is 11.3 Å². The number of nitrogens with one attached hydrogen (secondary N) is 1. The third-order valence-corrected chi connectivity index (χ3v) is 5.90. The summed E-state index contributed by atoms with van der Waals surface area (Å²) in [5.41, 5.74) is 2.17. The molecule has 0 bridgehead atoms. The molecular formula is C23H23ClF5N3O2. The van der Waals surface area contributed by atoms with Gasteiger partial charge in [-0.05, 0) is 36.6 Å². The number of hydrogen-bond acceptors (Lipinski definition) is 4. The van der Waals surface area contributed by atoms with E-state index in [9.17, 15) is 18.0 Å². The Bertz CT molecular complexity index is 1080. The largest absolute Gasteiger partial charge is 0.433 e. The Morgan fingerprint density at radius 1 is 1.29 bits per heavy atom. The molecule has 3 unspecified atom stereocenters. The van der Waals surface area contributed by atoms with Crippen LogP contribution in [0.3, 0.4) is 0 Å². The van der Waals surface area contributed by atoms with Gasteiger partial charge in [0.1, 0.15) is 5.69 Å². The van der Waals surface area contributed by atoms with Gasteiger partial charge in [0, 0.05) is 30.5 Å². The summed E-state index contributed by atoms with van der Waals surface area (Å²) in [6.45, 7) is 2.71. The molecule has 0 saturated heterocycles. The number of amides is 1. The highest BCUT2D eigenvalue weighted by atomic mass is 35.5. The number of nitrogens with two attached hydrogens (primary N) is 1. The quantitative estimate of drug-likeness (QED) is 0.240. The number of pyridine rings is 1. The van der Waals surface area contributed by atoms with E-state index in [1.807, 2.05) is 12.2 Å². The molecule has 0 saturated carbocycles. The summed E-state index contributed by atoms with van der Waals surface area (Å²) in [5.74, 6) is -4.20. The Morgan fingerprint density at radius 3 is 2.68 bits per heavy atom. The monoisotopic (exact) mass is 503 g/mol. The molecule has 0 radical (unpaired) electrons. The fourth-order valence-corrected chi connectivity index (χ4v) is 4.03. The molecule has 1 aromatic heterocycles. The molecule has 3 atom stereocenters. The second-order valence-corrected chi connectivity index (χ2v) is 8.34. The Morgan fingerprint density at radius 2 is 2.00 bits per heavy atom. The first-order chi connectivity index (χ1) is 15.9. The van der Waals surface area contributed by atoms with Crippen LogP contribution >= 0.6 is 11.6 Å². The molecule has 1 aromatic carbocycles. The summed E-state index contributed by atoms with van der Waals surface area (Å²) < 4.78 is 75.4. The third-order valence-electron chi connectivity index (χ3n) is 5.43. The van der Waals surface area contributed by atoms with Crippen LogP contribution in [0.25, 0.3) is 5.57 Å². The van der Waals surface area contributed by atoms with Gasteiger partial charge in [-0.15, -0.1) is 11.6 Å². The van der Waals surface area contributed by atoms with Crippen LogP contribution in [0.5, 0.6) is 0 Å². The summed E-state index contributed by atoms with van der Waals surface area (Å²) in [4.78, 5) is 15.9. The lowest BCUT2D eigenvalue weighted by Crippen LogP contribution is -2.56. The molecule has 0 spiro atoms. The maximum atomic E-state index is 15.7. The zero-order valence-corrected chi connectivity index (χ0v) is 18.9. The number of hydrogen-bond donors (Lipinski definition) is 2. The fourth-order valence-electron chi connectivity index (χ4n) is 3.73. The van der Waals surface area contributed by atoms with Crippen molar-refractivity contribution in [3.63, 3.8) is 0 Å². The average Bonchev–Trinajstić information content (AvgIpc) is 2.76. The van der Waals surface area contributed by atoms with Crippen molar-refractivity contribution in [2.24, 2.45) is 5.73 Å². The van der Waals surface area contributed by atoms with Gasteiger partial charge in [-0.1, -0.05) is 30.3 Å². The van der Waals surface area contributed by atoms with Crippen molar-refractivity contribution in [1.29, 1.82) is 0 Å². The molecule has 0 aliphatic heterocycles. The first kappa shape index (κ1) is 26.1. The van der Waals surface area contributed by atoms with Crippen LogP contribution in [-0.2, 0) is 22.1 Å². The number of alkyl halides is 6. The minimum absolute atomic E-state index is 0.0797. The molecule has 5 nitrogen and oxygen atoms in total. The molecule has 1 amide bonds. The highest BCUT2D eigenvalue weighted by Gasteiger charge is 2.55. The van der Waals surface area contributed by atoms with Crippen LogP contribution in [0.15, 0.2) is 48.7 Å². The predicted octanol–water partition coefficient (Wildman–Crippen LogP) is 5.05. The average molecular weight is 504 g/mol. The maximum absolute atomic E-state index is 15.7. The molecule has 34 heavy (non-hydrogen) atoms. The Labute approximate surface area is 198 Å². The number of aromatic nitrogens is 1. The van der Waals surface area contributed by atoms with Gasteiger partial charge in [0.15, 0.2) is 5.79 Å². The smallest absolute Gasteiger partial charge is 0.381 e. The van der Waals surface area contributed by atoms with Crippen LogP contribution in [0.2, 0.25) is 0 Å². The molecule has 184 valence electrons. The van der Waals surface area contributed by atoms with E-state index in [4.69, 9.17) is 22.1 Å². The molecule has 11 heteroatoms. The molecule has 3 N–H and O–H groups in total. The number of benzene rings is 1. The number of halogens is 6. The van der Waals surface area contributed by atoms with Crippen LogP contribution in [0.1, 0.15) is 30.2 Å². The van der Waals surface area contributed by atoms with E-state index in [0.717, 1.165) is 18.3 Å². The minimum atomic E-state index is -4.77. The van der Waals surface area contributed by atoms with Crippen LogP contribution in [0, 0.1) is 0 Å². The van der Waals surface area contributed by atoms with E-state index in [1.165, 1.54) is 0 Å². The number of nitrogens with zero attached hydrogens (tertiary/aromatic N) is 1. The molecule has 0 fully saturated rings. The highest BCUT2D eigenvalue weighted by Crippen LogP contribution is 2.45. The summed E-state index contributed by atoms with van der Waals surface area (Å²) in [6, 6.07) is 8.35. The van der Waals surface area contributed by atoms with Crippen LogP contribution in [-0.4, -0.2) is 40.9 Å². The molecule has 3 rings (SSSR count). The minimum Gasteiger partial charge on any atom is -0.381 e. The fraction of sp³-hybridized carbons (Fsp3) is 0.391. The Hall–Kier alpha value is -2.56. The zero-order chi connectivity index (χ0) is 25.1. The first-order valence-electron chi connectivity index (χ1n) is 10.4. The van der Waals surface area contributed by atoms with Crippen LogP contribution in [0.4, 0.5) is 27.6 Å². The van der Waals surface area contributed by atoms with E-state index >= 15 is 8.78 Å². The number of ether oxygens (including phenoxy) is 1. The van der Waals surface area contributed by atoms with E-state index < -0.39 is 41.0 Å². The number of rotatable bonds is 7. The zero-order valence-electron chi connectivity index (χ0n) is 18.1. The van der Waals surface area contributed by atoms with Crippen molar-refractivity contribution < 1.29 is 31.5 Å². The van der Waals surface area contributed by atoms with Crippen molar-refractivity contribution in [3.8, 4) is 0 Å². The van der Waals surface area contributed by atoms with Gasteiger partial charge in [0.05, 0.1) is 12.0 Å². The van der Waals surface area contributed by atoms with E-state index in [1.54, 1.807) is 24.3 Å². The van der Waals surface area contributed by atoms with Gasteiger partial charge < -0.3 is 10.1 Å². The van der Waals surface area contributed by atoms with Gasteiger partial charge in [0.25, 0.3) is 5.91 Å². The standard InChI is InChI=1S/C23H23ClF5N3O2/c1-2-34-10-8-14-5-3-4-6-16(14)17-12-18(24)21(25,13-22(17,26)30)20(33)32-15-7-9-31-19(11-15)23(27,28)29/h3-7,9,11-12,18H,2,8,10,13,30H2,1H3,(H,31,32,33). The van der Waals surface area contributed by atoms with Gasteiger partial charge in [-0.25, -0.2) is 8.78 Å². The van der Waals surface area contributed by atoms with Crippen molar-refractivity contribution in [2.45, 2.75) is 42.8 Å². The van der Waals surface area contributed by atoms with E-state index in [2.05, 4.69) is 4.98 Å². The molecule has 2 aromatic rings. The lowest BCUT2D eigenvalue weighted by molar-refractivity contribution is -0.141. The molecule has 1 heterocycles. The molecule has 1 aliphatic rings. The SMILES string of the molecule is CCOCCc1ccccc1C1=CC(Cl)C(F)(C(=O)Nc2ccnc(C(F)(F)F)c2)CC1(N)F. The lowest BCUT2D eigenvalue weighted by atomic mass is 9.77. The van der Waals surface area contributed by atoms with Gasteiger partial charge in [0.2, 0.25) is 5.67 Å².